The molecular weight excluding hydrogens is 316 g/mol. The number of nitrogens with zero attached hydrogens (tertiary/aromatic N) is 1. The van der Waals surface area contributed by atoms with Crippen molar-refractivity contribution in [2.75, 3.05) is 5.32 Å². The average Bonchev–Trinajstić information content (AvgIpc) is 2.33. The van der Waals surface area contributed by atoms with Gasteiger partial charge >= 0.3 is 0 Å². The van der Waals surface area contributed by atoms with Gasteiger partial charge in [-0.25, -0.2) is 4.98 Å². The minimum atomic E-state index is 0.191. The van der Waals surface area contributed by atoms with E-state index in [9.17, 15) is 5.11 Å². The van der Waals surface area contributed by atoms with Gasteiger partial charge in [0.2, 0.25) is 0 Å². The fraction of sp³-hybridized carbons (Fsp3) is 0.154. The van der Waals surface area contributed by atoms with E-state index in [1.165, 1.54) is 0 Å². The molecule has 0 fully saturated rings. The molecule has 0 bridgehead atoms. The van der Waals surface area contributed by atoms with Gasteiger partial charge in [0.05, 0.1) is 11.9 Å². The lowest BCUT2D eigenvalue weighted by Crippen LogP contribution is -2.01. The Hall–Kier alpha value is -1.26. The number of phenols is 1. The first-order valence-electron chi connectivity index (χ1n) is 5.40. The number of hydrogen-bond donors (Lipinski definition) is 2. The van der Waals surface area contributed by atoms with Crippen molar-refractivity contribution in [2.24, 2.45) is 0 Å². The summed E-state index contributed by atoms with van der Waals surface area (Å²) in [6.45, 7) is 2.42. The van der Waals surface area contributed by atoms with Crippen molar-refractivity contribution in [1.29, 1.82) is 0 Å². The van der Waals surface area contributed by atoms with Crippen LogP contribution in [0, 0.1) is 6.92 Å². The molecule has 1 heterocycles. The minimum Gasteiger partial charge on any atom is -0.508 e. The van der Waals surface area contributed by atoms with Crippen LogP contribution in [0.1, 0.15) is 11.1 Å². The normalized spacial score (nSPS) is 10.4. The van der Waals surface area contributed by atoms with Crippen LogP contribution < -0.4 is 5.32 Å². The Balaban J connectivity index is 2.14. The lowest BCUT2D eigenvalue weighted by molar-refractivity contribution is 0.469. The summed E-state index contributed by atoms with van der Waals surface area (Å²) in [5, 5.41) is 13.4. The SMILES string of the molecule is Cc1cc(NCc2c(O)cccc2Cl)cnc1Br. The Labute approximate surface area is 119 Å². The Morgan fingerprint density at radius 1 is 1.44 bits per heavy atom. The van der Waals surface area contributed by atoms with Crippen molar-refractivity contribution < 1.29 is 5.11 Å². The maximum Gasteiger partial charge on any atom is 0.122 e. The van der Waals surface area contributed by atoms with Crippen LogP contribution in [-0.4, -0.2) is 10.1 Å². The van der Waals surface area contributed by atoms with Gasteiger partial charge in [0.15, 0.2) is 0 Å². The lowest BCUT2D eigenvalue weighted by Gasteiger charge is -2.10. The van der Waals surface area contributed by atoms with Crippen molar-refractivity contribution in [3.63, 3.8) is 0 Å². The van der Waals surface area contributed by atoms with E-state index in [2.05, 4.69) is 26.2 Å². The van der Waals surface area contributed by atoms with E-state index >= 15 is 0 Å². The standard InChI is InChI=1S/C13H12BrClN2O/c1-8-5-9(6-17-13(8)14)16-7-10-11(15)3-2-4-12(10)18/h2-6,16,18H,7H2,1H3. The van der Waals surface area contributed by atoms with Crippen LogP contribution in [0.25, 0.3) is 0 Å². The van der Waals surface area contributed by atoms with Gasteiger partial charge in [-0.2, -0.15) is 0 Å². The second-order valence-corrected chi connectivity index (χ2v) is 5.08. The third kappa shape index (κ3) is 2.94. The molecule has 0 unspecified atom stereocenters. The van der Waals surface area contributed by atoms with Crippen LogP contribution >= 0.6 is 27.5 Å². The number of nitrogens with one attached hydrogen (secondary N) is 1. The highest BCUT2D eigenvalue weighted by molar-refractivity contribution is 9.10. The predicted octanol–water partition coefficient (Wildman–Crippen LogP) is 4.12. The van der Waals surface area contributed by atoms with Gasteiger partial charge in [-0.15, -0.1) is 0 Å². The molecule has 1 aromatic heterocycles. The molecule has 2 aromatic rings. The van der Waals surface area contributed by atoms with Crippen LogP contribution in [0.2, 0.25) is 5.02 Å². The smallest absolute Gasteiger partial charge is 0.122 e. The maximum atomic E-state index is 9.72. The molecule has 5 heteroatoms. The largest absolute Gasteiger partial charge is 0.508 e. The summed E-state index contributed by atoms with van der Waals surface area (Å²) in [7, 11) is 0. The Morgan fingerprint density at radius 2 is 2.22 bits per heavy atom. The quantitative estimate of drug-likeness (QED) is 0.833. The van der Waals surface area contributed by atoms with Crippen LogP contribution in [0.5, 0.6) is 5.75 Å². The third-order valence-electron chi connectivity index (χ3n) is 2.58. The summed E-state index contributed by atoms with van der Waals surface area (Å²) in [4.78, 5) is 4.19. The second kappa shape index (κ2) is 5.59. The number of pyridine rings is 1. The molecule has 2 N–H and O–H groups in total. The number of halogens is 2. The molecule has 0 aliphatic rings. The lowest BCUT2D eigenvalue weighted by atomic mass is 10.2. The molecule has 0 aliphatic heterocycles. The summed E-state index contributed by atoms with van der Waals surface area (Å²) in [6, 6.07) is 7.06. The molecule has 0 amide bonds. The van der Waals surface area contributed by atoms with Crippen molar-refractivity contribution in [2.45, 2.75) is 13.5 Å². The van der Waals surface area contributed by atoms with Crippen molar-refractivity contribution in [3.8, 4) is 5.75 Å². The minimum absolute atomic E-state index is 0.191. The first kappa shape index (κ1) is 13.2. The zero-order chi connectivity index (χ0) is 13.1. The van der Waals surface area contributed by atoms with E-state index in [-0.39, 0.29) is 5.75 Å². The van der Waals surface area contributed by atoms with Gasteiger partial charge in [-0.1, -0.05) is 17.7 Å². The molecule has 0 atom stereocenters. The number of aromatic hydroxyl groups is 1. The van der Waals surface area contributed by atoms with Gasteiger partial charge in [-0.05, 0) is 46.6 Å². The summed E-state index contributed by atoms with van der Waals surface area (Å²) < 4.78 is 0.827. The van der Waals surface area contributed by atoms with Crippen LogP contribution in [0.3, 0.4) is 0 Å². The zero-order valence-corrected chi connectivity index (χ0v) is 12.1. The van der Waals surface area contributed by atoms with Gasteiger partial charge in [-0.3, -0.25) is 0 Å². The molecule has 0 saturated carbocycles. The van der Waals surface area contributed by atoms with Crippen molar-refractivity contribution in [1.82, 2.24) is 4.98 Å². The van der Waals surface area contributed by atoms with Gasteiger partial charge in [0.1, 0.15) is 10.4 Å². The predicted molar refractivity (Wildman–Crippen MR) is 77.1 cm³/mol. The Bertz CT molecular complexity index is 555. The molecule has 0 aliphatic carbocycles. The summed E-state index contributed by atoms with van der Waals surface area (Å²) >= 11 is 9.38. The van der Waals surface area contributed by atoms with E-state index in [0.717, 1.165) is 15.9 Å². The van der Waals surface area contributed by atoms with Gasteiger partial charge in [0, 0.05) is 17.1 Å². The highest BCUT2D eigenvalue weighted by Gasteiger charge is 2.06. The summed E-state index contributed by atoms with van der Waals surface area (Å²) in [6.07, 6.45) is 1.73. The summed E-state index contributed by atoms with van der Waals surface area (Å²) in [5.74, 6) is 0.191. The second-order valence-electron chi connectivity index (χ2n) is 3.92. The zero-order valence-electron chi connectivity index (χ0n) is 9.74. The van der Waals surface area contributed by atoms with E-state index < -0.39 is 0 Å². The third-order valence-corrected chi connectivity index (χ3v) is 3.76. The number of phenolic OH excluding ortho intramolecular Hbond substituents is 1. The topological polar surface area (TPSA) is 45.1 Å². The fourth-order valence-corrected chi connectivity index (χ4v) is 2.02. The number of hydrogen-bond acceptors (Lipinski definition) is 3. The van der Waals surface area contributed by atoms with Crippen LogP contribution in [0.4, 0.5) is 5.69 Å². The van der Waals surface area contributed by atoms with Crippen LogP contribution in [0.15, 0.2) is 35.1 Å². The highest BCUT2D eigenvalue weighted by Crippen LogP contribution is 2.26. The van der Waals surface area contributed by atoms with Crippen molar-refractivity contribution in [3.05, 3.63) is 51.2 Å². The maximum absolute atomic E-state index is 9.72. The molecule has 0 radical (unpaired) electrons. The molecule has 2 rings (SSSR count). The molecule has 3 nitrogen and oxygen atoms in total. The first-order valence-corrected chi connectivity index (χ1v) is 6.57. The van der Waals surface area contributed by atoms with Gasteiger partial charge < -0.3 is 10.4 Å². The Morgan fingerprint density at radius 3 is 2.89 bits per heavy atom. The highest BCUT2D eigenvalue weighted by atomic mass is 79.9. The average molecular weight is 328 g/mol. The molecule has 0 saturated heterocycles. The number of aryl methyl sites for hydroxylation is 1. The fourth-order valence-electron chi connectivity index (χ4n) is 1.57. The molecule has 0 spiro atoms. The number of benzene rings is 1. The Kier molecular flexibility index (Phi) is 4.09. The van der Waals surface area contributed by atoms with E-state index in [1.807, 2.05) is 13.0 Å². The number of rotatable bonds is 3. The monoisotopic (exact) mass is 326 g/mol. The van der Waals surface area contributed by atoms with Gasteiger partial charge in [0.25, 0.3) is 0 Å². The molecule has 18 heavy (non-hydrogen) atoms. The number of aromatic nitrogens is 1. The molecule has 94 valence electrons. The number of anilines is 1. The summed E-state index contributed by atoms with van der Waals surface area (Å²) in [5.41, 5.74) is 2.61. The van der Waals surface area contributed by atoms with Crippen LogP contribution in [-0.2, 0) is 6.54 Å². The van der Waals surface area contributed by atoms with E-state index in [1.54, 1.807) is 24.4 Å². The van der Waals surface area contributed by atoms with E-state index in [0.29, 0.717) is 17.1 Å². The van der Waals surface area contributed by atoms with E-state index in [4.69, 9.17) is 11.6 Å². The van der Waals surface area contributed by atoms with Crippen molar-refractivity contribution >= 4 is 33.2 Å². The molecular formula is C13H12BrClN2O. The first-order chi connectivity index (χ1) is 8.58. The molecule has 1 aromatic carbocycles.